The van der Waals surface area contributed by atoms with E-state index in [1.54, 1.807) is 43.5 Å². The highest BCUT2D eigenvalue weighted by Gasteiger charge is 2.46. The van der Waals surface area contributed by atoms with Crippen LogP contribution in [0.25, 0.3) is 12.2 Å². The van der Waals surface area contributed by atoms with Crippen LogP contribution in [0.3, 0.4) is 0 Å². The van der Waals surface area contributed by atoms with E-state index in [9.17, 15) is 75.7 Å². The number of hydrogen-bond donors (Lipinski definition) is 12. The Morgan fingerprint density at radius 2 is 0.753 bits per heavy atom. The average Bonchev–Trinajstić information content (AvgIpc) is 3.41. The van der Waals surface area contributed by atoms with Crippen LogP contribution in [0.15, 0.2) is 42.5 Å². The van der Waals surface area contributed by atoms with Gasteiger partial charge in [0.15, 0.2) is 18.9 Å². The summed E-state index contributed by atoms with van der Waals surface area (Å²) in [7, 11) is 4.55. The molecule has 0 aromatic heterocycles. The second-order valence-corrected chi connectivity index (χ2v) is 18.8. The summed E-state index contributed by atoms with van der Waals surface area (Å²) in [6.45, 7) is -0.982. The fourth-order valence-electron chi connectivity index (χ4n) is 8.26. The van der Waals surface area contributed by atoms with Crippen molar-refractivity contribution in [2.45, 2.75) is 131 Å². The molecule has 434 valence electrons. The molecular weight excluding hydrogens is 1030 g/mol. The van der Waals surface area contributed by atoms with E-state index in [1.165, 1.54) is 47.0 Å². The predicted octanol–water partition coefficient (Wildman–Crippen LogP) is -2.06. The van der Waals surface area contributed by atoms with Crippen molar-refractivity contribution in [2.24, 2.45) is 0 Å². The summed E-state index contributed by atoms with van der Waals surface area (Å²) in [5.41, 5.74) is 1.11. The molecule has 0 bridgehead atoms. The molecule has 0 saturated carbocycles. The number of unbranched alkanes of at least 4 members (excludes halogenated alkanes) is 3. The molecule has 15 atom stereocenters. The van der Waals surface area contributed by atoms with Gasteiger partial charge in [-0.15, -0.1) is 0 Å². The molecule has 2 aromatic carbocycles. The molecule has 3 aliphatic rings. The number of amides is 3. The van der Waals surface area contributed by atoms with Gasteiger partial charge >= 0.3 is 18.3 Å². The SMILES string of the molecule is CN(CCCCO[C@@H]1[C@@H](O)[C@@H](O)O[C@H](CO)[C@@H]1O)C(=O)Oc1ccc(/C=C/c2cc(OC(=O)N(C)CCCCO[C@@H]3[C@@H](O)[C@@H](O)O[C@H](CO)[C@@H]3O)cc(OC(=O)N(C)CCCCO[C@@H]3[C@@H](O)[C@@H](O)O[C@H](CO)[C@@H]3O)c2)cc1. The van der Waals surface area contributed by atoms with Gasteiger partial charge in [0.25, 0.3) is 0 Å². The molecule has 0 radical (unpaired) electrons. The van der Waals surface area contributed by atoms with Crippen LogP contribution in [0, 0.1) is 0 Å². The van der Waals surface area contributed by atoms with Gasteiger partial charge in [-0.25, -0.2) is 14.4 Å². The largest absolute Gasteiger partial charge is 0.414 e. The van der Waals surface area contributed by atoms with Crippen LogP contribution >= 0.6 is 0 Å². The number of nitrogens with zero attached hydrogens (tertiary/aromatic N) is 3. The Labute approximate surface area is 444 Å². The second kappa shape index (κ2) is 31.2. The summed E-state index contributed by atoms with van der Waals surface area (Å²) in [4.78, 5) is 43.4. The summed E-state index contributed by atoms with van der Waals surface area (Å²) >= 11 is 0. The predicted molar refractivity (Wildman–Crippen MR) is 265 cm³/mol. The minimum Gasteiger partial charge on any atom is -0.410 e. The third kappa shape index (κ3) is 18.4. The summed E-state index contributed by atoms with van der Waals surface area (Å²) in [5, 5.41) is 120. The number of ether oxygens (including phenoxy) is 9. The Morgan fingerprint density at radius 3 is 1.08 bits per heavy atom. The van der Waals surface area contributed by atoms with Crippen LogP contribution in [-0.2, 0) is 28.4 Å². The molecule has 3 heterocycles. The molecule has 0 aliphatic carbocycles. The molecule has 3 saturated heterocycles. The van der Waals surface area contributed by atoms with Gasteiger partial charge in [0.05, 0.1) is 19.8 Å². The highest BCUT2D eigenvalue weighted by atomic mass is 16.7. The van der Waals surface area contributed by atoms with Crippen molar-refractivity contribution < 1.29 is 118 Å². The van der Waals surface area contributed by atoms with Gasteiger partial charge in [-0.2, -0.15) is 0 Å². The van der Waals surface area contributed by atoms with Gasteiger partial charge in [0, 0.05) is 66.7 Å². The van der Waals surface area contributed by atoms with Gasteiger partial charge in [0.2, 0.25) is 0 Å². The van der Waals surface area contributed by atoms with Gasteiger partial charge < -0.3 is 119 Å². The lowest BCUT2D eigenvalue weighted by Gasteiger charge is -2.39. The summed E-state index contributed by atoms with van der Waals surface area (Å²) in [6.07, 6.45) is -17.1. The maximum absolute atomic E-state index is 13.3. The Balaban J connectivity index is 1.15. The first-order valence-corrected chi connectivity index (χ1v) is 25.2. The quantitative estimate of drug-likeness (QED) is 0.0356. The first-order valence-electron chi connectivity index (χ1n) is 25.2. The number of carbonyl (C=O) groups excluding carboxylic acids is 3. The van der Waals surface area contributed by atoms with Crippen LogP contribution in [0.2, 0.25) is 0 Å². The van der Waals surface area contributed by atoms with Gasteiger partial charge in [-0.1, -0.05) is 24.3 Å². The van der Waals surface area contributed by atoms with E-state index in [1.807, 2.05) is 0 Å². The number of hydrogen-bond acceptors (Lipinski definition) is 24. The summed E-state index contributed by atoms with van der Waals surface area (Å²) in [6, 6.07) is 11.0. The molecule has 0 unspecified atom stereocenters. The van der Waals surface area contributed by atoms with Crippen molar-refractivity contribution in [3.63, 3.8) is 0 Å². The maximum atomic E-state index is 13.3. The highest BCUT2D eigenvalue weighted by molar-refractivity contribution is 5.76. The topological polar surface area (TPSA) is 387 Å². The van der Waals surface area contributed by atoms with E-state index in [-0.39, 0.29) is 56.7 Å². The molecule has 3 amide bonds. The Morgan fingerprint density at radius 1 is 0.442 bits per heavy atom. The average molecular weight is 1100 g/mol. The van der Waals surface area contributed by atoms with Crippen molar-refractivity contribution in [1.82, 2.24) is 14.7 Å². The molecule has 3 aliphatic heterocycles. The third-order valence-electron chi connectivity index (χ3n) is 12.9. The number of rotatable bonds is 26. The van der Waals surface area contributed by atoms with E-state index in [2.05, 4.69) is 0 Å². The zero-order valence-electron chi connectivity index (χ0n) is 43.1. The van der Waals surface area contributed by atoms with Crippen molar-refractivity contribution in [1.29, 1.82) is 0 Å². The van der Waals surface area contributed by atoms with Crippen molar-refractivity contribution in [3.8, 4) is 17.2 Å². The molecule has 12 N–H and O–H groups in total. The lowest BCUT2D eigenvalue weighted by atomic mass is 9.99. The smallest absolute Gasteiger partial charge is 0.410 e. The van der Waals surface area contributed by atoms with E-state index in [0.717, 1.165) is 0 Å². The summed E-state index contributed by atoms with van der Waals surface area (Å²) < 4.78 is 48.6. The minimum absolute atomic E-state index is 0.0207. The number of aliphatic hydroxyl groups excluding tert-OH is 12. The van der Waals surface area contributed by atoms with Crippen LogP contribution in [0.4, 0.5) is 14.4 Å². The molecule has 27 nitrogen and oxygen atoms in total. The first kappa shape index (κ1) is 63.1. The van der Waals surface area contributed by atoms with E-state index < -0.39 is 130 Å². The van der Waals surface area contributed by atoms with Crippen LogP contribution in [-0.4, -0.2) is 267 Å². The minimum atomic E-state index is -1.66. The van der Waals surface area contributed by atoms with Gasteiger partial charge in [0.1, 0.15) is 90.5 Å². The Kier molecular flexibility index (Phi) is 25.5. The standard InChI is InChI=1S/C50H75N3O24/c1-51(16-4-7-19-69-42-36(57)33(25-54)75-45(63)39(42)60)48(66)72-30-14-12-28(13-15-30)10-11-29-22-31(73-49(67)52(2)17-5-8-20-70-43-37(58)34(26-55)76-46(64)40(43)61)24-32(23-29)74-50(68)53(3)18-6-9-21-71-44-38(59)35(27-56)77-47(65)41(44)62/h10-15,22-24,33-47,54-65H,4-9,16-21,25-27H2,1-3H3/b11-10+/t33-,34-,35-,36+,37+,38+,39-,40-,41-,42+,43+,44+,45+,46+,47+/m1/s1. The van der Waals surface area contributed by atoms with E-state index >= 15 is 0 Å². The lowest BCUT2D eigenvalue weighted by Crippen LogP contribution is -2.59. The fraction of sp³-hybridized carbons (Fsp3) is 0.660. The number of carbonyl (C=O) groups is 3. The first-order chi connectivity index (χ1) is 36.8. The van der Waals surface area contributed by atoms with E-state index in [4.69, 9.17) is 42.6 Å². The summed E-state index contributed by atoms with van der Waals surface area (Å²) in [5.74, 6) is 0.291. The maximum Gasteiger partial charge on any atom is 0.414 e. The van der Waals surface area contributed by atoms with Crippen molar-refractivity contribution >= 4 is 30.4 Å². The monoisotopic (exact) mass is 1100 g/mol. The number of benzene rings is 2. The number of aliphatic hydroxyl groups is 12. The Hall–Kier alpha value is -4.73. The van der Waals surface area contributed by atoms with Gasteiger partial charge in [-0.3, -0.25) is 0 Å². The zero-order chi connectivity index (χ0) is 56.3. The van der Waals surface area contributed by atoms with Crippen LogP contribution in [0.5, 0.6) is 17.2 Å². The normalized spacial score (nSPS) is 29.5. The molecular formula is C50H75N3O24. The second-order valence-electron chi connectivity index (χ2n) is 18.8. The lowest BCUT2D eigenvalue weighted by molar-refractivity contribution is -0.294. The molecule has 27 heteroatoms. The van der Waals surface area contributed by atoms with Crippen molar-refractivity contribution in [2.75, 3.05) is 80.4 Å². The van der Waals surface area contributed by atoms with Gasteiger partial charge in [-0.05, 0) is 73.9 Å². The molecule has 0 spiro atoms. The van der Waals surface area contributed by atoms with Crippen molar-refractivity contribution in [3.05, 3.63) is 53.6 Å². The molecule has 77 heavy (non-hydrogen) atoms. The molecule has 3 fully saturated rings. The Bertz CT molecular complexity index is 2060. The zero-order valence-corrected chi connectivity index (χ0v) is 43.1. The highest BCUT2D eigenvalue weighted by Crippen LogP contribution is 2.28. The van der Waals surface area contributed by atoms with Crippen LogP contribution in [0.1, 0.15) is 49.7 Å². The van der Waals surface area contributed by atoms with Crippen LogP contribution < -0.4 is 14.2 Å². The van der Waals surface area contributed by atoms with E-state index in [0.29, 0.717) is 49.7 Å². The third-order valence-corrected chi connectivity index (χ3v) is 12.9. The fourth-order valence-corrected chi connectivity index (χ4v) is 8.26. The molecule has 5 rings (SSSR count). The molecule has 2 aromatic rings.